The van der Waals surface area contributed by atoms with E-state index in [9.17, 15) is 13.2 Å². The monoisotopic (exact) mass is 497 g/mol. The number of hydrogen-bond donors (Lipinski definition) is 2. The summed E-state index contributed by atoms with van der Waals surface area (Å²) in [5, 5.41) is 5.14. The number of likely N-dealkylation sites (tertiary alicyclic amines) is 1. The second-order valence-corrected chi connectivity index (χ2v) is 11.7. The van der Waals surface area contributed by atoms with Crippen molar-refractivity contribution >= 4 is 33.0 Å². The van der Waals surface area contributed by atoms with Crippen molar-refractivity contribution in [3.63, 3.8) is 0 Å². The molecule has 1 fully saturated rings. The van der Waals surface area contributed by atoms with Crippen molar-refractivity contribution in [1.29, 1.82) is 0 Å². The lowest BCUT2D eigenvalue weighted by atomic mass is 9.96. The smallest absolute Gasteiger partial charge is 0.261 e. The molecule has 8 heteroatoms. The van der Waals surface area contributed by atoms with E-state index >= 15 is 0 Å². The van der Waals surface area contributed by atoms with Crippen LogP contribution in [0.25, 0.3) is 0 Å². The Morgan fingerprint density at radius 1 is 1.06 bits per heavy atom. The first-order chi connectivity index (χ1) is 16.3. The molecule has 0 spiro atoms. The number of amides is 1. The summed E-state index contributed by atoms with van der Waals surface area (Å²) in [5.41, 5.74) is 2.67. The van der Waals surface area contributed by atoms with Crippen LogP contribution >= 0.6 is 11.3 Å². The Kier molecular flexibility index (Phi) is 7.70. The van der Waals surface area contributed by atoms with E-state index in [0.29, 0.717) is 23.7 Å². The standard InChI is InChI=1S/C26H31N3O3S2/c1-19-5-8-22(9-6-19)28-34(31,32)24-10-7-20(2)25(16-24)26(30)27-17-21-11-13-29(14-12-21)18-23-4-3-15-33-23/h3-10,15-16,21,28H,11-14,17-18H2,1-2H3,(H,27,30). The van der Waals surface area contributed by atoms with E-state index in [0.717, 1.165) is 43.6 Å². The third-order valence-corrected chi connectivity index (χ3v) is 8.53. The molecule has 2 aromatic carbocycles. The van der Waals surface area contributed by atoms with E-state index in [-0.39, 0.29) is 10.8 Å². The Balaban J connectivity index is 1.34. The van der Waals surface area contributed by atoms with Crippen LogP contribution in [0.15, 0.2) is 64.9 Å². The number of sulfonamides is 1. The van der Waals surface area contributed by atoms with E-state index in [4.69, 9.17) is 0 Å². The van der Waals surface area contributed by atoms with Crippen LogP contribution in [0.5, 0.6) is 0 Å². The van der Waals surface area contributed by atoms with Gasteiger partial charge in [-0.15, -0.1) is 11.3 Å². The highest BCUT2D eigenvalue weighted by Crippen LogP contribution is 2.22. The summed E-state index contributed by atoms with van der Waals surface area (Å²) in [4.78, 5) is 16.8. The van der Waals surface area contributed by atoms with E-state index in [2.05, 4.69) is 32.5 Å². The average Bonchev–Trinajstić information content (AvgIpc) is 3.33. The number of nitrogens with one attached hydrogen (secondary N) is 2. The lowest BCUT2D eigenvalue weighted by Crippen LogP contribution is -2.38. The molecule has 2 heterocycles. The fourth-order valence-corrected chi connectivity index (χ4v) is 5.98. The van der Waals surface area contributed by atoms with Gasteiger partial charge in [0, 0.05) is 29.2 Å². The second-order valence-electron chi connectivity index (χ2n) is 8.96. The van der Waals surface area contributed by atoms with Crippen molar-refractivity contribution in [2.75, 3.05) is 24.4 Å². The van der Waals surface area contributed by atoms with Gasteiger partial charge in [0.15, 0.2) is 0 Å². The molecule has 4 rings (SSSR count). The van der Waals surface area contributed by atoms with Crippen molar-refractivity contribution < 1.29 is 13.2 Å². The second kappa shape index (κ2) is 10.7. The predicted octanol–water partition coefficient (Wildman–Crippen LogP) is 4.81. The van der Waals surface area contributed by atoms with E-state index in [1.807, 2.05) is 26.0 Å². The zero-order chi connectivity index (χ0) is 24.1. The Bertz CT molecular complexity index is 1210. The van der Waals surface area contributed by atoms with Gasteiger partial charge in [0.2, 0.25) is 0 Å². The maximum absolute atomic E-state index is 12.9. The highest BCUT2D eigenvalue weighted by atomic mass is 32.2. The van der Waals surface area contributed by atoms with Gasteiger partial charge in [-0.25, -0.2) is 8.42 Å². The summed E-state index contributed by atoms with van der Waals surface area (Å²) in [6.45, 7) is 7.41. The Hall–Kier alpha value is -2.68. The van der Waals surface area contributed by atoms with Crippen LogP contribution in [-0.4, -0.2) is 38.9 Å². The highest BCUT2D eigenvalue weighted by molar-refractivity contribution is 7.92. The summed E-state index contributed by atoms with van der Waals surface area (Å²) in [6.07, 6.45) is 2.08. The number of nitrogens with zero attached hydrogens (tertiary/aromatic N) is 1. The number of rotatable bonds is 8. The number of carbonyl (C=O) groups excluding carboxylic acids is 1. The van der Waals surface area contributed by atoms with Crippen molar-refractivity contribution in [2.24, 2.45) is 5.92 Å². The zero-order valence-corrected chi connectivity index (χ0v) is 21.2. The first-order valence-electron chi connectivity index (χ1n) is 11.5. The normalized spacial score (nSPS) is 15.2. The van der Waals surface area contributed by atoms with Gasteiger partial charge < -0.3 is 5.32 Å². The van der Waals surface area contributed by atoms with Gasteiger partial charge in [-0.2, -0.15) is 0 Å². The quantitative estimate of drug-likeness (QED) is 0.468. The lowest BCUT2D eigenvalue weighted by Gasteiger charge is -2.31. The topological polar surface area (TPSA) is 78.5 Å². The molecule has 1 amide bonds. The van der Waals surface area contributed by atoms with Gasteiger partial charge in [-0.05, 0) is 87.0 Å². The average molecular weight is 498 g/mol. The van der Waals surface area contributed by atoms with Crippen LogP contribution < -0.4 is 10.0 Å². The Morgan fingerprint density at radius 2 is 1.79 bits per heavy atom. The van der Waals surface area contributed by atoms with Gasteiger partial charge in [-0.1, -0.05) is 29.8 Å². The molecule has 0 radical (unpaired) electrons. The van der Waals surface area contributed by atoms with Crippen LogP contribution in [-0.2, 0) is 16.6 Å². The maximum atomic E-state index is 12.9. The van der Waals surface area contributed by atoms with Gasteiger partial charge in [0.05, 0.1) is 4.90 Å². The molecule has 2 N–H and O–H groups in total. The molecule has 1 saturated heterocycles. The number of piperidine rings is 1. The molecule has 1 aliphatic heterocycles. The van der Waals surface area contributed by atoms with Crippen molar-refractivity contribution in [2.45, 2.75) is 38.1 Å². The van der Waals surface area contributed by atoms with Gasteiger partial charge in [0.1, 0.15) is 0 Å². The molecular formula is C26H31N3O3S2. The number of carbonyl (C=O) groups is 1. The molecule has 0 unspecified atom stereocenters. The maximum Gasteiger partial charge on any atom is 0.261 e. The molecule has 3 aromatic rings. The molecule has 0 saturated carbocycles. The highest BCUT2D eigenvalue weighted by Gasteiger charge is 2.22. The van der Waals surface area contributed by atoms with Crippen LogP contribution in [0.4, 0.5) is 5.69 Å². The molecule has 6 nitrogen and oxygen atoms in total. The fourth-order valence-electron chi connectivity index (χ4n) is 4.15. The molecule has 0 atom stereocenters. The van der Waals surface area contributed by atoms with Crippen molar-refractivity contribution in [1.82, 2.24) is 10.2 Å². The SMILES string of the molecule is Cc1ccc(NS(=O)(=O)c2ccc(C)c(C(=O)NCC3CCN(Cc4cccs4)CC3)c2)cc1. The van der Waals surface area contributed by atoms with Gasteiger partial charge in [0.25, 0.3) is 15.9 Å². The van der Waals surface area contributed by atoms with E-state index < -0.39 is 10.0 Å². The lowest BCUT2D eigenvalue weighted by molar-refractivity contribution is 0.0934. The minimum Gasteiger partial charge on any atom is -0.352 e. The third kappa shape index (κ3) is 6.25. The predicted molar refractivity (Wildman–Crippen MR) is 138 cm³/mol. The Labute approximate surface area is 206 Å². The molecule has 34 heavy (non-hydrogen) atoms. The minimum absolute atomic E-state index is 0.0747. The first-order valence-corrected chi connectivity index (χ1v) is 13.9. The van der Waals surface area contributed by atoms with Gasteiger partial charge >= 0.3 is 0 Å². The first kappa shape index (κ1) is 24.4. The summed E-state index contributed by atoms with van der Waals surface area (Å²) in [5.74, 6) is 0.199. The van der Waals surface area contributed by atoms with Crippen LogP contribution in [0.2, 0.25) is 0 Å². The Morgan fingerprint density at radius 3 is 2.47 bits per heavy atom. The van der Waals surface area contributed by atoms with Crippen molar-refractivity contribution in [3.05, 3.63) is 81.5 Å². The number of aryl methyl sites for hydroxylation is 2. The summed E-state index contributed by atoms with van der Waals surface area (Å²) in [6, 6.07) is 16.1. The largest absolute Gasteiger partial charge is 0.352 e. The van der Waals surface area contributed by atoms with E-state index in [1.54, 1.807) is 29.5 Å². The summed E-state index contributed by atoms with van der Waals surface area (Å²) < 4.78 is 28.3. The molecule has 1 aliphatic rings. The molecule has 1 aromatic heterocycles. The van der Waals surface area contributed by atoms with Crippen LogP contribution in [0.3, 0.4) is 0 Å². The molecule has 180 valence electrons. The molecular weight excluding hydrogens is 466 g/mol. The number of hydrogen-bond acceptors (Lipinski definition) is 5. The molecule has 0 aliphatic carbocycles. The minimum atomic E-state index is -3.80. The number of anilines is 1. The number of thiophene rings is 1. The summed E-state index contributed by atoms with van der Waals surface area (Å²) >= 11 is 1.79. The van der Waals surface area contributed by atoms with Crippen LogP contribution in [0, 0.1) is 19.8 Å². The zero-order valence-electron chi connectivity index (χ0n) is 19.6. The van der Waals surface area contributed by atoms with Gasteiger partial charge in [-0.3, -0.25) is 14.4 Å². The summed E-state index contributed by atoms with van der Waals surface area (Å²) in [7, 11) is -3.80. The van der Waals surface area contributed by atoms with Crippen LogP contribution in [0.1, 0.15) is 39.2 Å². The molecule has 0 bridgehead atoms. The number of benzene rings is 2. The van der Waals surface area contributed by atoms with E-state index in [1.165, 1.54) is 17.0 Å². The fraction of sp³-hybridized carbons (Fsp3) is 0.346. The van der Waals surface area contributed by atoms with Crippen molar-refractivity contribution in [3.8, 4) is 0 Å². The third-order valence-electron chi connectivity index (χ3n) is 6.29.